The number of nitrogens with one attached hydrogen (secondary N) is 2. The highest BCUT2D eigenvalue weighted by molar-refractivity contribution is 6.06. The van der Waals surface area contributed by atoms with Crippen molar-refractivity contribution in [2.24, 2.45) is 11.0 Å². The number of hydrazone groups is 1. The van der Waals surface area contributed by atoms with Crippen LogP contribution in [0.5, 0.6) is 23.0 Å². The molecule has 2 rings (SSSR count). The van der Waals surface area contributed by atoms with Gasteiger partial charge in [-0.3, -0.25) is 9.59 Å². The minimum Gasteiger partial charge on any atom is -0.497 e. The number of carbonyl (C=O) groups is 2. The van der Waals surface area contributed by atoms with E-state index in [0.717, 1.165) is 0 Å². The lowest BCUT2D eigenvalue weighted by Crippen LogP contribution is -2.34. The first-order chi connectivity index (χ1) is 14.4. The molecule has 9 nitrogen and oxygen atoms in total. The quantitative estimate of drug-likeness (QED) is 0.370. The molecule has 2 aromatic rings. The number of nitrogens with zero attached hydrogens (tertiary/aromatic N) is 1. The number of anilines is 1. The normalized spacial score (nSPS) is 11.5. The Kier molecular flexibility index (Phi) is 8.04. The monoisotopic (exact) mass is 415 g/mol. The molecule has 160 valence electrons. The van der Waals surface area contributed by atoms with E-state index in [1.165, 1.54) is 34.5 Å². The van der Waals surface area contributed by atoms with Gasteiger partial charge in [-0.15, -0.1) is 0 Å². The average molecular weight is 415 g/mol. The Morgan fingerprint density at radius 2 is 1.50 bits per heavy atom. The maximum absolute atomic E-state index is 12.3. The van der Waals surface area contributed by atoms with Crippen LogP contribution >= 0.6 is 0 Å². The fourth-order valence-electron chi connectivity index (χ4n) is 2.49. The summed E-state index contributed by atoms with van der Waals surface area (Å²) in [5.41, 5.74) is 3.52. The van der Waals surface area contributed by atoms with Gasteiger partial charge in [-0.05, 0) is 43.3 Å². The summed E-state index contributed by atoms with van der Waals surface area (Å²) in [4.78, 5) is 24.5. The van der Waals surface area contributed by atoms with Crippen molar-refractivity contribution in [2.75, 3.05) is 33.8 Å². The van der Waals surface area contributed by atoms with Crippen LogP contribution in [0.2, 0.25) is 0 Å². The molecule has 2 amide bonds. The Balaban J connectivity index is 1.99. The minimum absolute atomic E-state index is 0.449. The Morgan fingerprint density at radius 1 is 0.900 bits per heavy atom. The summed E-state index contributed by atoms with van der Waals surface area (Å²) in [6, 6.07) is 10.1. The summed E-state index contributed by atoms with van der Waals surface area (Å²) < 4.78 is 20.9. The van der Waals surface area contributed by atoms with E-state index in [0.29, 0.717) is 34.2 Å². The van der Waals surface area contributed by atoms with Crippen molar-refractivity contribution in [3.05, 3.63) is 42.0 Å². The van der Waals surface area contributed by atoms with E-state index in [2.05, 4.69) is 15.8 Å². The average Bonchev–Trinajstić information content (AvgIpc) is 2.77. The number of ether oxygens (including phenoxy) is 4. The van der Waals surface area contributed by atoms with Gasteiger partial charge in [0.2, 0.25) is 11.7 Å². The molecule has 0 aromatic heterocycles. The molecule has 0 saturated heterocycles. The highest BCUT2D eigenvalue weighted by atomic mass is 16.5. The molecule has 0 fully saturated rings. The second-order valence-corrected chi connectivity index (χ2v) is 6.13. The van der Waals surface area contributed by atoms with Crippen molar-refractivity contribution in [3.8, 4) is 23.0 Å². The Labute approximate surface area is 175 Å². The lowest BCUT2D eigenvalue weighted by molar-refractivity contribution is -0.131. The molecule has 9 heteroatoms. The van der Waals surface area contributed by atoms with E-state index in [-0.39, 0.29) is 0 Å². The summed E-state index contributed by atoms with van der Waals surface area (Å²) in [7, 11) is 6.07. The summed E-state index contributed by atoms with van der Waals surface area (Å²) >= 11 is 0. The smallest absolute Gasteiger partial charge is 0.252 e. The zero-order valence-corrected chi connectivity index (χ0v) is 17.5. The molecule has 0 aliphatic rings. The fourth-order valence-corrected chi connectivity index (χ4v) is 2.49. The molecular weight excluding hydrogens is 390 g/mol. The molecule has 1 unspecified atom stereocenters. The van der Waals surface area contributed by atoms with E-state index < -0.39 is 17.7 Å². The molecule has 0 saturated carbocycles. The first-order valence-corrected chi connectivity index (χ1v) is 9.01. The third-order valence-electron chi connectivity index (χ3n) is 4.22. The topological polar surface area (TPSA) is 107 Å². The summed E-state index contributed by atoms with van der Waals surface area (Å²) in [6.45, 7) is 1.49. The number of benzene rings is 2. The van der Waals surface area contributed by atoms with Crippen molar-refractivity contribution in [1.82, 2.24) is 5.43 Å². The van der Waals surface area contributed by atoms with Crippen LogP contribution < -0.4 is 29.7 Å². The van der Waals surface area contributed by atoms with Crippen molar-refractivity contribution in [1.29, 1.82) is 0 Å². The van der Waals surface area contributed by atoms with Gasteiger partial charge < -0.3 is 24.3 Å². The molecule has 0 radical (unpaired) electrons. The van der Waals surface area contributed by atoms with Gasteiger partial charge >= 0.3 is 0 Å². The van der Waals surface area contributed by atoms with Crippen LogP contribution in [0.3, 0.4) is 0 Å². The van der Waals surface area contributed by atoms with Crippen molar-refractivity contribution < 1.29 is 28.5 Å². The van der Waals surface area contributed by atoms with Crippen LogP contribution in [-0.2, 0) is 9.59 Å². The van der Waals surface area contributed by atoms with Crippen LogP contribution in [0.15, 0.2) is 41.5 Å². The van der Waals surface area contributed by atoms with Gasteiger partial charge in [-0.25, -0.2) is 5.43 Å². The maximum atomic E-state index is 12.3. The van der Waals surface area contributed by atoms with Crippen LogP contribution in [0.1, 0.15) is 12.5 Å². The van der Waals surface area contributed by atoms with E-state index in [4.69, 9.17) is 18.9 Å². The molecule has 2 aromatic carbocycles. The van der Waals surface area contributed by atoms with E-state index in [1.807, 2.05) is 0 Å². The highest BCUT2D eigenvalue weighted by Crippen LogP contribution is 2.37. The lowest BCUT2D eigenvalue weighted by Gasteiger charge is -2.13. The highest BCUT2D eigenvalue weighted by Gasteiger charge is 2.21. The SMILES string of the molecule is COc1ccc(NC(=O)C(C)C(=O)NN=Cc2cc(OC)c(OC)c(OC)c2)cc1. The number of rotatable bonds is 9. The summed E-state index contributed by atoms with van der Waals surface area (Å²) in [6.07, 6.45) is 1.41. The first-order valence-electron chi connectivity index (χ1n) is 9.01. The van der Waals surface area contributed by atoms with Crippen molar-refractivity contribution in [2.45, 2.75) is 6.92 Å². The van der Waals surface area contributed by atoms with Gasteiger partial charge in [0.25, 0.3) is 5.91 Å². The predicted molar refractivity (Wildman–Crippen MR) is 113 cm³/mol. The van der Waals surface area contributed by atoms with Crippen LogP contribution in [-0.4, -0.2) is 46.5 Å². The molecular formula is C21H25N3O6. The third kappa shape index (κ3) is 5.63. The van der Waals surface area contributed by atoms with E-state index in [1.54, 1.807) is 43.5 Å². The summed E-state index contributed by atoms with van der Waals surface area (Å²) in [5.74, 6) is 0.0632. The van der Waals surface area contributed by atoms with Crippen LogP contribution in [0.25, 0.3) is 0 Å². The number of hydrogen-bond acceptors (Lipinski definition) is 7. The van der Waals surface area contributed by atoms with Gasteiger partial charge in [0.05, 0.1) is 34.7 Å². The van der Waals surface area contributed by atoms with E-state index in [9.17, 15) is 9.59 Å². The predicted octanol–water partition coefficient (Wildman–Crippen LogP) is 2.45. The molecule has 0 heterocycles. The number of methoxy groups -OCH3 is 4. The molecule has 0 bridgehead atoms. The molecule has 1 atom stereocenters. The van der Waals surface area contributed by atoms with E-state index >= 15 is 0 Å². The van der Waals surface area contributed by atoms with Gasteiger partial charge in [0.1, 0.15) is 11.7 Å². The lowest BCUT2D eigenvalue weighted by atomic mass is 10.1. The van der Waals surface area contributed by atoms with Gasteiger partial charge in [0.15, 0.2) is 11.5 Å². The zero-order chi connectivity index (χ0) is 22.1. The van der Waals surface area contributed by atoms with Crippen LogP contribution in [0, 0.1) is 5.92 Å². The van der Waals surface area contributed by atoms with Crippen molar-refractivity contribution in [3.63, 3.8) is 0 Å². The van der Waals surface area contributed by atoms with Gasteiger partial charge in [-0.2, -0.15) is 5.10 Å². The van der Waals surface area contributed by atoms with Gasteiger partial charge in [0, 0.05) is 11.3 Å². The zero-order valence-electron chi connectivity index (χ0n) is 17.5. The minimum atomic E-state index is -0.954. The second-order valence-electron chi connectivity index (χ2n) is 6.13. The Morgan fingerprint density at radius 3 is 2.00 bits per heavy atom. The molecule has 2 N–H and O–H groups in total. The molecule has 0 spiro atoms. The number of carbonyl (C=O) groups excluding carboxylic acids is 2. The standard InChI is InChI=1S/C21H25N3O6/c1-13(20(25)23-15-6-8-16(27-2)9-7-15)21(26)24-22-12-14-10-17(28-3)19(30-5)18(11-14)29-4/h6-13H,1-5H3,(H,23,25)(H,24,26). The summed E-state index contributed by atoms with van der Waals surface area (Å²) in [5, 5.41) is 6.58. The van der Waals surface area contributed by atoms with Crippen LogP contribution in [0.4, 0.5) is 5.69 Å². The molecule has 0 aliphatic heterocycles. The second kappa shape index (κ2) is 10.7. The maximum Gasteiger partial charge on any atom is 0.252 e. The number of hydrogen-bond donors (Lipinski definition) is 2. The van der Waals surface area contributed by atoms with Gasteiger partial charge in [-0.1, -0.05) is 0 Å². The largest absolute Gasteiger partial charge is 0.497 e. The number of amides is 2. The Bertz CT molecular complexity index is 886. The van der Waals surface area contributed by atoms with Crippen molar-refractivity contribution >= 4 is 23.7 Å². The molecule has 30 heavy (non-hydrogen) atoms. The first kappa shape index (κ1) is 22.5. The Hall–Kier alpha value is -3.75. The fraction of sp³-hybridized carbons (Fsp3) is 0.286. The third-order valence-corrected chi connectivity index (χ3v) is 4.22. The molecule has 0 aliphatic carbocycles.